The van der Waals surface area contributed by atoms with Gasteiger partial charge in [0.25, 0.3) is 0 Å². The maximum atomic E-state index is 13.4. The van der Waals surface area contributed by atoms with Crippen LogP contribution in [0.2, 0.25) is 5.02 Å². The first-order valence-electron chi connectivity index (χ1n) is 7.12. The van der Waals surface area contributed by atoms with Crippen LogP contribution in [0.4, 0.5) is 18.0 Å². The molecule has 1 saturated carbocycles. The van der Waals surface area contributed by atoms with Crippen molar-refractivity contribution >= 4 is 17.6 Å². The predicted molar refractivity (Wildman–Crippen MR) is 75.4 cm³/mol. The molecule has 1 aromatic carbocycles. The third-order valence-electron chi connectivity index (χ3n) is 3.75. The molecule has 0 aromatic heterocycles. The van der Waals surface area contributed by atoms with Crippen molar-refractivity contribution in [1.82, 2.24) is 10.6 Å². The van der Waals surface area contributed by atoms with Gasteiger partial charge in [0, 0.05) is 17.1 Å². The van der Waals surface area contributed by atoms with Gasteiger partial charge in [0.1, 0.15) is 0 Å². The van der Waals surface area contributed by atoms with Gasteiger partial charge < -0.3 is 14.8 Å². The van der Waals surface area contributed by atoms with Crippen molar-refractivity contribution in [2.45, 2.75) is 43.8 Å². The van der Waals surface area contributed by atoms with Crippen molar-refractivity contribution in [2.24, 2.45) is 0 Å². The van der Waals surface area contributed by atoms with Crippen LogP contribution in [0.15, 0.2) is 18.2 Å². The summed E-state index contributed by atoms with van der Waals surface area (Å²) in [5.41, 5.74) is 0. The lowest BCUT2D eigenvalue weighted by Gasteiger charge is -2.30. The van der Waals surface area contributed by atoms with Gasteiger partial charge in [0.2, 0.25) is 0 Å². The molecule has 1 aliphatic heterocycles. The molecule has 0 saturated heterocycles. The normalized spacial score (nSPS) is 23.8. The summed E-state index contributed by atoms with van der Waals surface area (Å²) in [7, 11) is 0. The Morgan fingerprint density at radius 1 is 1.22 bits per heavy atom. The van der Waals surface area contributed by atoms with E-state index in [9.17, 15) is 18.0 Å². The monoisotopic (exact) mass is 350 g/mol. The molecule has 1 atom stereocenters. The van der Waals surface area contributed by atoms with Crippen LogP contribution in [0.5, 0.6) is 11.5 Å². The Labute approximate surface area is 135 Å². The van der Waals surface area contributed by atoms with Crippen LogP contribution in [0, 0.1) is 0 Å². The fourth-order valence-corrected chi connectivity index (χ4v) is 2.82. The average molecular weight is 351 g/mol. The van der Waals surface area contributed by atoms with E-state index in [0.717, 1.165) is 25.7 Å². The molecular weight excluding hydrogens is 337 g/mol. The number of alkyl halides is 3. The summed E-state index contributed by atoms with van der Waals surface area (Å²) < 4.78 is 50.0. The summed E-state index contributed by atoms with van der Waals surface area (Å²) in [6, 6.07) is 2.68. The quantitative estimate of drug-likeness (QED) is 0.857. The van der Waals surface area contributed by atoms with Crippen molar-refractivity contribution < 1.29 is 27.4 Å². The summed E-state index contributed by atoms with van der Waals surface area (Å²) in [5, 5.41) is 4.46. The minimum atomic E-state index is -4.98. The molecule has 2 N–H and O–H groups in total. The second-order valence-corrected chi connectivity index (χ2v) is 5.93. The van der Waals surface area contributed by atoms with E-state index in [0.29, 0.717) is 0 Å². The highest BCUT2D eigenvalue weighted by atomic mass is 35.5. The first-order valence-corrected chi connectivity index (χ1v) is 7.50. The molecule has 5 nitrogen and oxygen atoms in total. The van der Waals surface area contributed by atoms with Crippen molar-refractivity contribution in [3.05, 3.63) is 23.2 Å². The molecule has 3 rings (SSSR count). The molecule has 1 aromatic rings. The number of hydrogen-bond acceptors (Lipinski definition) is 3. The van der Waals surface area contributed by atoms with Gasteiger partial charge in [-0.2, -0.15) is 13.2 Å². The number of nitrogens with one attached hydrogen (secondary N) is 2. The molecule has 126 valence electrons. The number of hydrogen-bond donors (Lipinski definition) is 2. The van der Waals surface area contributed by atoms with E-state index in [1.54, 1.807) is 5.32 Å². The summed E-state index contributed by atoms with van der Waals surface area (Å²) >= 11 is 5.73. The Balaban J connectivity index is 1.78. The second-order valence-electron chi connectivity index (χ2n) is 5.49. The van der Waals surface area contributed by atoms with Gasteiger partial charge in [-0.3, -0.25) is 5.32 Å². The number of ether oxygens (including phenoxy) is 2. The number of amides is 2. The topological polar surface area (TPSA) is 59.6 Å². The van der Waals surface area contributed by atoms with Crippen LogP contribution in [-0.2, 0) is 0 Å². The number of carbonyl (C=O) groups excluding carboxylic acids is 1. The van der Waals surface area contributed by atoms with E-state index in [1.807, 2.05) is 0 Å². The Hall–Kier alpha value is -1.83. The molecule has 9 heteroatoms. The standard InChI is InChI=1S/C14H14ClF3N2O3/c15-8-5-6-10-11(7-8)23-14(22-10,13(16,17)18)20-12(21)19-9-3-1-2-4-9/h5-7,9H,1-4H2,(H2,19,20,21)/t14-/m0/s1. The minimum Gasteiger partial charge on any atom is -0.424 e. The van der Waals surface area contributed by atoms with Crippen molar-refractivity contribution in [1.29, 1.82) is 0 Å². The van der Waals surface area contributed by atoms with Gasteiger partial charge in [0.15, 0.2) is 11.5 Å². The number of fused-ring (bicyclic) bond motifs is 1. The van der Waals surface area contributed by atoms with E-state index in [1.165, 1.54) is 18.2 Å². The second kappa shape index (κ2) is 5.67. The molecule has 0 spiro atoms. The smallest absolute Gasteiger partial charge is 0.424 e. The highest BCUT2D eigenvalue weighted by molar-refractivity contribution is 6.30. The number of carbonyl (C=O) groups is 1. The molecule has 0 radical (unpaired) electrons. The molecular formula is C14H14ClF3N2O3. The number of rotatable bonds is 2. The lowest BCUT2D eigenvalue weighted by atomic mass is 10.2. The maximum absolute atomic E-state index is 13.4. The molecule has 1 heterocycles. The zero-order valence-corrected chi connectivity index (χ0v) is 12.6. The van der Waals surface area contributed by atoms with Crippen LogP contribution < -0.4 is 20.1 Å². The van der Waals surface area contributed by atoms with Gasteiger partial charge in [-0.15, -0.1) is 0 Å². The fourth-order valence-electron chi connectivity index (χ4n) is 2.66. The van der Waals surface area contributed by atoms with Gasteiger partial charge in [-0.05, 0) is 25.0 Å². The molecule has 23 heavy (non-hydrogen) atoms. The first kappa shape index (κ1) is 16.0. The molecule has 0 unspecified atom stereocenters. The van der Waals surface area contributed by atoms with E-state index in [4.69, 9.17) is 21.1 Å². The molecule has 2 aliphatic rings. The maximum Gasteiger partial charge on any atom is 0.492 e. The molecule has 0 bridgehead atoms. The SMILES string of the molecule is O=C(NC1CCCC1)N[C@@]1(C(F)(F)F)Oc2ccc(Cl)cc2O1. The fraction of sp³-hybridized carbons (Fsp3) is 0.500. The van der Waals surface area contributed by atoms with Crippen LogP contribution in [0.1, 0.15) is 25.7 Å². The third-order valence-corrected chi connectivity index (χ3v) is 3.99. The van der Waals surface area contributed by atoms with Crippen molar-refractivity contribution in [3.63, 3.8) is 0 Å². The molecule has 2 amide bonds. The van der Waals surface area contributed by atoms with Crippen LogP contribution in [-0.4, -0.2) is 24.2 Å². The van der Waals surface area contributed by atoms with Crippen molar-refractivity contribution in [3.8, 4) is 11.5 Å². The summed E-state index contributed by atoms with van der Waals surface area (Å²) in [4.78, 5) is 11.9. The lowest BCUT2D eigenvalue weighted by molar-refractivity contribution is -0.317. The van der Waals surface area contributed by atoms with E-state index in [-0.39, 0.29) is 22.6 Å². The van der Waals surface area contributed by atoms with Crippen molar-refractivity contribution in [2.75, 3.05) is 0 Å². The van der Waals surface area contributed by atoms with E-state index < -0.39 is 18.1 Å². The largest absolute Gasteiger partial charge is 0.492 e. The highest BCUT2D eigenvalue weighted by Crippen LogP contribution is 2.46. The zero-order valence-electron chi connectivity index (χ0n) is 11.9. The first-order chi connectivity index (χ1) is 10.8. The Bertz CT molecular complexity index is 620. The zero-order chi connectivity index (χ0) is 16.7. The van der Waals surface area contributed by atoms with Gasteiger partial charge in [0.05, 0.1) is 0 Å². The number of benzene rings is 1. The summed E-state index contributed by atoms with van der Waals surface area (Å²) in [5.74, 6) is -3.59. The van der Waals surface area contributed by atoms with Gasteiger partial charge in [-0.1, -0.05) is 24.4 Å². The lowest BCUT2D eigenvalue weighted by Crippen LogP contribution is -2.66. The molecule has 1 aliphatic carbocycles. The molecule has 1 fully saturated rings. The van der Waals surface area contributed by atoms with Crippen LogP contribution in [0.3, 0.4) is 0 Å². The summed E-state index contributed by atoms with van der Waals surface area (Å²) in [6.45, 7) is 0. The van der Waals surface area contributed by atoms with Gasteiger partial charge in [-0.25, -0.2) is 4.79 Å². The Morgan fingerprint density at radius 3 is 2.52 bits per heavy atom. The van der Waals surface area contributed by atoms with Crippen LogP contribution >= 0.6 is 11.6 Å². The Morgan fingerprint density at radius 2 is 1.87 bits per heavy atom. The van der Waals surface area contributed by atoms with E-state index >= 15 is 0 Å². The van der Waals surface area contributed by atoms with E-state index in [2.05, 4.69) is 5.32 Å². The minimum absolute atomic E-state index is 0.140. The summed E-state index contributed by atoms with van der Waals surface area (Å²) in [6.07, 6.45) is -1.63. The van der Waals surface area contributed by atoms with Gasteiger partial charge >= 0.3 is 18.1 Å². The third kappa shape index (κ3) is 3.12. The predicted octanol–water partition coefficient (Wildman–Crippen LogP) is 3.57. The number of halogens is 4. The number of urea groups is 1. The Kier molecular flexibility index (Phi) is 3.95. The highest BCUT2D eigenvalue weighted by Gasteiger charge is 2.65. The average Bonchev–Trinajstić information content (AvgIpc) is 3.04. The van der Waals surface area contributed by atoms with Crippen LogP contribution in [0.25, 0.3) is 0 Å².